The molecule has 4 heteroatoms. The number of nitrogens with zero attached hydrogens (tertiary/aromatic N) is 1. The maximum absolute atomic E-state index is 12.8. The Morgan fingerprint density at radius 2 is 1.95 bits per heavy atom. The van der Waals surface area contributed by atoms with Crippen LogP contribution in [0.3, 0.4) is 0 Å². The number of fused-ring (bicyclic) bond motifs is 2. The molecule has 3 rings (SSSR count). The Bertz CT molecular complexity index is 631. The topological polar surface area (TPSA) is 57.9 Å². The van der Waals surface area contributed by atoms with E-state index in [0.717, 1.165) is 37.7 Å². The number of benzene rings is 1. The normalized spacial score (nSPS) is 31.4. The molecule has 21 heavy (non-hydrogen) atoms. The molecule has 3 nitrogen and oxygen atoms in total. The maximum atomic E-state index is 12.8. The first-order valence-corrected chi connectivity index (χ1v) is 8.82. The van der Waals surface area contributed by atoms with Crippen LogP contribution in [0.5, 0.6) is 0 Å². The first kappa shape index (κ1) is 14.5. The van der Waals surface area contributed by atoms with Crippen molar-refractivity contribution < 1.29 is 9.00 Å². The fourth-order valence-electron chi connectivity index (χ4n) is 3.63. The van der Waals surface area contributed by atoms with E-state index in [9.17, 15) is 14.3 Å². The van der Waals surface area contributed by atoms with Gasteiger partial charge in [-0.1, -0.05) is 18.1 Å². The molecule has 1 aromatic rings. The van der Waals surface area contributed by atoms with Crippen LogP contribution < -0.4 is 0 Å². The first-order valence-electron chi connectivity index (χ1n) is 7.54. The second-order valence-corrected chi connectivity index (χ2v) is 8.19. The van der Waals surface area contributed by atoms with Crippen LogP contribution in [0.1, 0.15) is 53.6 Å². The minimum atomic E-state index is -0.758. The minimum Gasteiger partial charge on any atom is -0.294 e. The second kappa shape index (κ2) is 5.73. The summed E-state index contributed by atoms with van der Waals surface area (Å²) in [5, 5.41) is 9.57. The van der Waals surface area contributed by atoms with E-state index in [1.165, 1.54) is 0 Å². The van der Waals surface area contributed by atoms with Crippen molar-refractivity contribution in [3.8, 4) is 6.07 Å². The van der Waals surface area contributed by atoms with Crippen molar-refractivity contribution in [3.05, 3.63) is 34.9 Å². The SMILES string of the molecule is Cc1ccc(C#N)c(C(=O)C2CC3CCCC(C2)S3=O)c1. The quantitative estimate of drug-likeness (QED) is 0.789. The summed E-state index contributed by atoms with van der Waals surface area (Å²) in [6, 6.07) is 7.53. The molecule has 1 aromatic carbocycles. The molecule has 0 amide bonds. The third-order valence-corrected chi connectivity index (χ3v) is 6.91. The average molecular weight is 301 g/mol. The molecule has 2 aliphatic heterocycles. The van der Waals surface area contributed by atoms with Gasteiger partial charge in [0.1, 0.15) is 0 Å². The Hall–Kier alpha value is -1.47. The zero-order valence-corrected chi connectivity index (χ0v) is 13.0. The van der Waals surface area contributed by atoms with Crippen LogP contribution in [0.4, 0.5) is 0 Å². The van der Waals surface area contributed by atoms with Gasteiger partial charge in [0, 0.05) is 32.8 Å². The van der Waals surface area contributed by atoms with Gasteiger partial charge in [-0.3, -0.25) is 9.00 Å². The number of carbonyl (C=O) groups excluding carboxylic acids is 1. The molecule has 2 unspecified atom stereocenters. The van der Waals surface area contributed by atoms with Gasteiger partial charge in [0.15, 0.2) is 5.78 Å². The molecular weight excluding hydrogens is 282 g/mol. The summed E-state index contributed by atoms with van der Waals surface area (Å²) in [5.41, 5.74) is 2.01. The molecule has 2 bridgehead atoms. The van der Waals surface area contributed by atoms with Gasteiger partial charge in [-0.05, 0) is 44.7 Å². The Morgan fingerprint density at radius 1 is 1.29 bits per heavy atom. The smallest absolute Gasteiger partial charge is 0.167 e. The highest BCUT2D eigenvalue weighted by Crippen LogP contribution is 2.38. The van der Waals surface area contributed by atoms with Crippen LogP contribution in [0.15, 0.2) is 18.2 Å². The Morgan fingerprint density at radius 3 is 2.57 bits per heavy atom. The van der Waals surface area contributed by atoms with Gasteiger partial charge in [-0.2, -0.15) is 5.26 Å². The van der Waals surface area contributed by atoms with Crippen molar-refractivity contribution in [1.29, 1.82) is 5.26 Å². The van der Waals surface area contributed by atoms with E-state index in [1.54, 1.807) is 6.07 Å². The third-order valence-electron chi connectivity index (χ3n) is 4.74. The lowest BCUT2D eigenvalue weighted by molar-refractivity contribution is 0.0895. The van der Waals surface area contributed by atoms with Crippen LogP contribution in [0, 0.1) is 24.2 Å². The number of rotatable bonds is 2. The summed E-state index contributed by atoms with van der Waals surface area (Å²) in [4.78, 5) is 12.8. The zero-order valence-electron chi connectivity index (χ0n) is 12.2. The van der Waals surface area contributed by atoms with Crippen molar-refractivity contribution in [2.24, 2.45) is 5.92 Å². The molecule has 0 aliphatic carbocycles. The predicted molar refractivity (Wildman–Crippen MR) is 82.5 cm³/mol. The van der Waals surface area contributed by atoms with Crippen LogP contribution in [0.25, 0.3) is 0 Å². The molecule has 0 saturated carbocycles. The number of hydrogen-bond donors (Lipinski definition) is 0. The Kier molecular flexibility index (Phi) is 3.95. The molecule has 2 saturated heterocycles. The van der Waals surface area contributed by atoms with Gasteiger partial charge in [0.25, 0.3) is 0 Å². The van der Waals surface area contributed by atoms with Crippen molar-refractivity contribution in [2.45, 2.75) is 49.5 Å². The van der Waals surface area contributed by atoms with Crippen molar-refractivity contribution in [2.75, 3.05) is 0 Å². The first-order chi connectivity index (χ1) is 10.1. The van der Waals surface area contributed by atoms with Crippen molar-refractivity contribution in [3.63, 3.8) is 0 Å². The van der Waals surface area contributed by atoms with Crippen LogP contribution in [-0.2, 0) is 10.8 Å². The van der Waals surface area contributed by atoms with E-state index in [-0.39, 0.29) is 22.2 Å². The number of Topliss-reactive ketones (excluding diaryl/α,β-unsaturated/α-hetero) is 1. The number of hydrogen-bond acceptors (Lipinski definition) is 3. The minimum absolute atomic E-state index is 0.0631. The number of aryl methyl sites for hydroxylation is 1. The van der Waals surface area contributed by atoms with Crippen molar-refractivity contribution in [1.82, 2.24) is 0 Å². The van der Waals surface area contributed by atoms with E-state index in [4.69, 9.17) is 0 Å². The highest BCUT2D eigenvalue weighted by Gasteiger charge is 2.40. The van der Waals surface area contributed by atoms with Crippen LogP contribution >= 0.6 is 0 Å². The highest BCUT2D eigenvalue weighted by atomic mass is 32.2. The maximum Gasteiger partial charge on any atom is 0.167 e. The van der Waals surface area contributed by atoms with Gasteiger partial charge in [0.05, 0.1) is 11.6 Å². The lowest BCUT2D eigenvalue weighted by atomic mass is 9.83. The van der Waals surface area contributed by atoms with Gasteiger partial charge in [0.2, 0.25) is 0 Å². The summed E-state index contributed by atoms with van der Waals surface area (Å²) >= 11 is 0. The number of ketones is 1. The fraction of sp³-hybridized carbons (Fsp3) is 0.529. The summed E-state index contributed by atoms with van der Waals surface area (Å²) in [6.07, 6.45) is 4.54. The summed E-state index contributed by atoms with van der Waals surface area (Å²) in [5.74, 6) is 0.00995. The second-order valence-electron chi connectivity index (χ2n) is 6.20. The van der Waals surface area contributed by atoms with E-state index in [1.807, 2.05) is 19.1 Å². The molecule has 110 valence electrons. The van der Waals surface area contributed by atoms with E-state index >= 15 is 0 Å². The fourth-order valence-corrected chi connectivity index (χ4v) is 5.81. The Balaban J connectivity index is 1.88. The molecule has 0 aromatic heterocycles. The average Bonchev–Trinajstić information content (AvgIpc) is 2.46. The monoisotopic (exact) mass is 301 g/mol. The van der Waals surface area contributed by atoms with Crippen molar-refractivity contribution >= 4 is 16.6 Å². The van der Waals surface area contributed by atoms with Gasteiger partial charge >= 0.3 is 0 Å². The largest absolute Gasteiger partial charge is 0.294 e. The highest BCUT2D eigenvalue weighted by molar-refractivity contribution is 7.86. The Labute approximate surface area is 127 Å². The van der Waals surface area contributed by atoms with Crippen LogP contribution in [0.2, 0.25) is 0 Å². The van der Waals surface area contributed by atoms with E-state index in [2.05, 4.69) is 6.07 Å². The van der Waals surface area contributed by atoms with Crippen LogP contribution in [-0.4, -0.2) is 20.5 Å². The van der Waals surface area contributed by atoms with E-state index in [0.29, 0.717) is 11.1 Å². The lowest BCUT2D eigenvalue weighted by Crippen LogP contribution is -2.41. The zero-order chi connectivity index (χ0) is 15.0. The molecule has 0 spiro atoms. The summed E-state index contributed by atoms with van der Waals surface area (Å²) < 4.78 is 12.2. The molecular formula is C17H19NO2S. The summed E-state index contributed by atoms with van der Waals surface area (Å²) in [6.45, 7) is 1.93. The molecule has 2 heterocycles. The standard InChI is InChI=1S/C17H19NO2S/c1-11-5-6-12(10-18)16(7-11)17(19)13-8-14-3-2-4-15(9-13)21(14)20/h5-7,13-15H,2-4,8-9H2,1H3. The van der Waals surface area contributed by atoms with Gasteiger partial charge in [-0.15, -0.1) is 0 Å². The molecule has 2 fully saturated rings. The third kappa shape index (κ3) is 2.67. The molecule has 2 atom stereocenters. The molecule has 2 aliphatic rings. The molecule has 0 N–H and O–H groups in total. The van der Waals surface area contributed by atoms with E-state index < -0.39 is 10.8 Å². The molecule has 0 radical (unpaired) electrons. The van der Waals surface area contributed by atoms with Gasteiger partial charge in [-0.25, -0.2) is 0 Å². The lowest BCUT2D eigenvalue weighted by Gasteiger charge is -2.37. The predicted octanol–water partition coefficient (Wildman–Crippen LogP) is 3.13. The summed E-state index contributed by atoms with van der Waals surface area (Å²) in [7, 11) is -0.758. The number of carbonyl (C=O) groups is 1. The number of nitriles is 1. The van der Waals surface area contributed by atoms with Gasteiger partial charge < -0.3 is 0 Å².